The highest BCUT2D eigenvalue weighted by Crippen LogP contribution is 2.23. The molecule has 2 aromatic rings. The molecule has 0 fully saturated rings. The minimum absolute atomic E-state index is 0.209. The van der Waals surface area contributed by atoms with Crippen LogP contribution in [0.15, 0.2) is 40.9 Å². The second-order valence-corrected chi connectivity index (χ2v) is 7.82. The zero-order chi connectivity index (χ0) is 20.7. The van der Waals surface area contributed by atoms with Crippen molar-refractivity contribution in [3.63, 3.8) is 0 Å². The van der Waals surface area contributed by atoms with Crippen LogP contribution >= 0.6 is 15.9 Å². The Morgan fingerprint density at radius 3 is 2.39 bits per heavy atom. The van der Waals surface area contributed by atoms with Gasteiger partial charge in [-0.1, -0.05) is 47.5 Å². The van der Waals surface area contributed by atoms with E-state index < -0.39 is 11.8 Å². The normalized spacial score (nSPS) is 10.5. The summed E-state index contributed by atoms with van der Waals surface area (Å²) in [5.74, 6) is 0.466. The fourth-order valence-electron chi connectivity index (χ4n) is 2.40. The summed E-state index contributed by atoms with van der Waals surface area (Å²) in [7, 11) is 0. The van der Waals surface area contributed by atoms with Crippen molar-refractivity contribution in [2.75, 3.05) is 13.2 Å². The number of carbonyl (C=O) groups is 2. The van der Waals surface area contributed by atoms with Crippen LogP contribution in [0.4, 0.5) is 0 Å². The third kappa shape index (κ3) is 6.56. The number of amides is 2. The molecule has 0 bridgehead atoms. The van der Waals surface area contributed by atoms with E-state index in [2.05, 4.69) is 26.8 Å². The Morgan fingerprint density at radius 2 is 1.71 bits per heavy atom. The van der Waals surface area contributed by atoms with Crippen molar-refractivity contribution in [2.45, 2.75) is 27.7 Å². The van der Waals surface area contributed by atoms with Crippen molar-refractivity contribution in [2.24, 2.45) is 5.92 Å². The standard InChI is InChI=1S/C21H25BrN2O4/c1-13(2)11-27-19-8-6-16(22)10-17(19)21(26)24-23-20(25)12-28-18-7-5-14(3)9-15(18)4/h5-10,13H,11-12H2,1-4H3,(H,23,25)(H,24,26). The molecule has 0 radical (unpaired) electrons. The molecule has 7 heteroatoms. The summed E-state index contributed by atoms with van der Waals surface area (Å²) in [6, 6.07) is 10.9. The first-order valence-electron chi connectivity index (χ1n) is 8.98. The van der Waals surface area contributed by atoms with Crippen LogP contribution < -0.4 is 20.3 Å². The largest absolute Gasteiger partial charge is 0.492 e. The van der Waals surface area contributed by atoms with Gasteiger partial charge in [0.1, 0.15) is 11.5 Å². The summed E-state index contributed by atoms with van der Waals surface area (Å²) in [5, 5.41) is 0. The van der Waals surface area contributed by atoms with Crippen molar-refractivity contribution < 1.29 is 19.1 Å². The van der Waals surface area contributed by atoms with Crippen LogP contribution in [0, 0.1) is 19.8 Å². The molecular formula is C21H25BrN2O4. The van der Waals surface area contributed by atoms with Gasteiger partial charge in [-0.05, 0) is 49.6 Å². The lowest BCUT2D eigenvalue weighted by Crippen LogP contribution is -2.44. The molecule has 0 heterocycles. The SMILES string of the molecule is Cc1ccc(OCC(=O)NNC(=O)c2cc(Br)ccc2OCC(C)C)c(C)c1. The summed E-state index contributed by atoms with van der Waals surface area (Å²) in [6.07, 6.45) is 0. The number of benzene rings is 2. The molecule has 2 rings (SSSR count). The van der Waals surface area contributed by atoms with E-state index in [1.54, 1.807) is 18.2 Å². The molecule has 2 aromatic carbocycles. The zero-order valence-electron chi connectivity index (χ0n) is 16.5. The first-order valence-corrected chi connectivity index (χ1v) is 9.77. The van der Waals surface area contributed by atoms with Crippen molar-refractivity contribution in [1.82, 2.24) is 10.9 Å². The van der Waals surface area contributed by atoms with Crippen LogP contribution in [0.1, 0.15) is 35.3 Å². The highest BCUT2D eigenvalue weighted by atomic mass is 79.9. The zero-order valence-corrected chi connectivity index (χ0v) is 18.1. The molecule has 0 aromatic heterocycles. The van der Waals surface area contributed by atoms with Gasteiger partial charge < -0.3 is 9.47 Å². The molecule has 0 aliphatic carbocycles. The molecule has 2 amide bonds. The van der Waals surface area contributed by atoms with Crippen molar-refractivity contribution in [3.05, 3.63) is 57.6 Å². The first kappa shape index (κ1) is 21.8. The Morgan fingerprint density at radius 1 is 1.00 bits per heavy atom. The summed E-state index contributed by atoms with van der Waals surface area (Å²) in [5.41, 5.74) is 7.14. The third-order valence-electron chi connectivity index (χ3n) is 3.76. The van der Waals surface area contributed by atoms with Crippen molar-refractivity contribution in [3.8, 4) is 11.5 Å². The van der Waals surface area contributed by atoms with Crippen LogP contribution in [0.5, 0.6) is 11.5 Å². The minimum Gasteiger partial charge on any atom is -0.492 e. The number of hydrogen-bond acceptors (Lipinski definition) is 4. The number of ether oxygens (including phenoxy) is 2. The van der Waals surface area contributed by atoms with Crippen LogP contribution in [0.25, 0.3) is 0 Å². The van der Waals surface area contributed by atoms with E-state index in [0.717, 1.165) is 15.6 Å². The fourth-order valence-corrected chi connectivity index (χ4v) is 2.76. The van der Waals surface area contributed by atoms with E-state index in [9.17, 15) is 9.59 Å². The number of hydrogen-bond donors (Lipinski definition) is 2. The molecule has 0 aliphatic heterocycles. The molecule has 0 aliphatic rings. The average Bonchev–Trinajstić information content (AvgIpc) is 2.64. The highest BCUT2D eigenvalue weighted by Gasteiger charge is 2.15. The lowest BCUT2D eigenvalue weighted by Gasteiger charge is -2.14. The number of rotatable bonds is 7. The topological polar surface area (TPSA) is 76.7 Å². The van der Waals surface area contributed by atoms with Gasteiger partial charge in [0.25, 0.3) is 11.8 Å². The lowest BCUT2D eigenvalue weighted by molar-refractivity contribution is -0.123. The summed E-state index contributed by atoms with van der Waals surface area (Å²) < 4.78 is 11.9. The van der Waals surface area contributed by atoms with Crippen molar-refractivity contribution in [1.29, 1.82) is 0 Å². The van der Waals surface area contributed by atoms with Gasteiger partial charge in [0, 0.05) is 4.47 Å². The molecule has 0 atom stereocenters. The summed E-state index contributed by atoms with van der Waals surface area (Å²) in [6.45, 7) is 8.22. The molecule has 150 valence electrons. The molecule has 0 saturated heterocycles. The fraction of sp³-hybridized carbons (Fsp3) is 0.333. The summed E-state index contributed by atoms with van der Waals surface area (Å²) >= 11 is 3.34. The molecule has 0 saturated carbocycles. The second-order valence-electron chi connectivity index (χ2n) is 6.91. The van der Waals surface area contributed by atoms with Gasteiger partial charge in [-0.15, -0.1) is 0 Å². The molecule has 2 N–H and O–H groups in total. The predicted octanol–water partition coefficient (Wildman–Crippen LogP) is 3.94. The Kier molecular flexibility index (Phi) is 7.87. The van der Waals surface area contributed by atoms with Crippen molar-refractivity contribution >= 4 is 27.7 Å². The van der Waals surface area contributed by atoms with E-state index in [-0.39, 0.29) is 6.61 Å². The maximum absolute atomic E-state index is 12.5. The van der Waals surface area contributed by atoms with E-state index in [4.69, 9.17) is 9.47 Å². The Labute approximate surface area is 173 Å². The molecule has 28 heavy (non-hydrogen) atoms. The number of nitrogens with one attached hydrogen (secondary N) is 2. The van der Waals surface area contributed by atoms with E-state index in [1.165, 1.54) is 0 Å². The number of hydrazine groups is 1. The number of halogens is 1. The monoisotopic (exact) mass is 448 g/mol. The maximum Gasteiger partial charge on any atom is 0.276 e. The van der Waals surface area contributed by atoms with Crippen LogP contribution in [-0.2, 0) is 4.79 Å². The minimum atomic E-state index is -0.472. The van der Waals surface area contributed by atoms with E-state index in [1.807, 2.05) is 45.9 Å². The van der Waals surface area contributed by atoms with Gasteiger partial charge >= 0.3 is 0 Å². The van der Waals surface area contributed by atoms with E-state index in [0.29, 0.717) is 29.6 Å². The molecule has 0 unspecified atom stereocenters. The van der Waals surface area contributed by atoms with Gasteiger partial charge in [-0.3, -0.25) is 20.4 Å². The van der Waals surface area contributed by atoms with Crippen LogP contribution in [0.2, 0.25) is 0 Å². The predicted molar refractivity (Wildman–Crippen MR) is 111 cm³/mol. The first-order chi connectivity index (χ1) is 13.3. The van der Waals surface area contributed by atoms with Gasteiger partial charge in [0.05, 0.1) is 12.2 Å². The van der Waals surface area contributed by atoms with Gasteiger partial charge in [-0.25, -0.2) is 0 Å². The Bertz CT molecular complexity index is 852. The van der Waals surface area contributed by atoms with Crippen LogP contribution in [-0.4, -0.2) is 25.0 Å². The average molecular weight is 449 g/mol. The summed E-state index contributed by atoms with van der Waals surface area (Å²) in [4.78, 5) is 24.5. The second kappa shape index (κ2) is 10.1. The van der Waals surface area contributed by atoms with Gasteiger partial charge in [0.2, 0.25) is 0 Å². The molecule has 0 spiro atoms. The quantitative estimate of drug-likeness (QED) is 0.628. The van der Waals surface area contributed by atoms with Gasteiger partial charge in [-0.2, -0.15) is 0 Å². The third-order valence-corrected chi connectivity index (χ3v) is 4.26. The number of aryl methyl sites for hydroxylation is 2. The van der Waals surface area contributed by atoms with Crippen LogP contribution in [0.3, 0.4) is 0 Å². The lowest BCUT2D eigenvalue weighted by atomic mass is 10.1. The van der Waals surface area contributed by atoms with Gasteiger partial charge in [0.15, 0.2) is 6.61 Å². The number of carbonyl (C=O) groups excluding carboxylic acids is 2. The molecule has 6 nitrogen and oxygen atoms in total. The Balaban J connectivity index is 1.92. The highest BCUT2D eigenvalue weighted by molar-refractivity contribution is 9.10. The Hall–Kier alpha value is -2.54. The maximum atomic E-state index is 12.5. The molecular weight excluding hydrogens is 424 g/mol. The smallest absolute Gasteiger partial charge is 0.276 e. The van der Waals surface area contributed by atoms with E-state index >= 15 is 0 Å².